The zero-order valence-electron chi connectivity index (χ0n) is 10.1. The highest BCUT2D eigenvalue weighted by molar-refractivity contribution is 5.84. The monoisotopic (exact) mass is 200 g/mol. The molecule has 2 atom stereocenters. The minimum atomic E-state index is -0.580. The summed E-state index contributed by atoms with van der Waals surface area (Å²) in [5.41, 5.74) is 4.82. The van der Waals surface area contributed by atoms with Crippen molar-refractivity contribution in [2.75, 3.05) is 6.54 Å². The zero-order chi connectivity index (χ0) is 11.4. The molecule has 0 fully saturated rings. The van der Waals surface area contributed by atoms with Crippen LogP contribution in [0.25, 0.3) is 0 Å². The number of nitrogens with two attached hydrogens (primary N) is 1. The molecule has 0 radical (unpaired) electrons. The standard InChI is InChI=1S/C11H24N2O/c1-6-9(4)7-13-11(5,8(2)3)10(12)14/h8-9,13H,6-7H2,1-5H3,(H2,12,14). The van der Waals surface area contributed by atoms with E-state index in [9.17, 15) is 4.79 Å². The Morgan fingerprint density at radius 1 is 1.43 bits per heavy atom. The lowest BCUT2D eigenvalue weighted by molar-refractivity contribution is -0.125. The van der Waals surface area contributed by atoms with Crippen LogP contribution in [0.2, 0.25) is 0 Å². The van der Waals surface area contributed by atoms with E-state index in [4.69, 9.17) is 5.73 Å². The highest BCUT2D eigenvalue weighted by Crippen LogP contribution is 2.16. The Morgan fingerprint density at radius 3 is 2.21 bits per heavy atom. The van der Waals surface area contributed by atoms with Gasteiger partial charge in [0.15, 0.2) is 0 Å². The van der Waals surface area contributed by atoms with Crippen molar-refractivity contribution in [3.63, 3.8) is 0 Å². The fourth-order valence-corrected chi connectivity index (χ4v) is 1.11. The molecule has 0 spiro atoms. The van der Waals surface area contributed by atoms with E-state index in [1.54, 1.807) is 0 Å². The lowest BCUT2D eigenvalue weighted by atomic mass is 9.87. The van der Waals surface area contributed by atoms with Crippen LogP contribution in [0.15, 0.2) is 0 Å². The molecular formula is C11H24N2O. The maximum Gasteiger partial charge on any atom is 0.237 e. The molecular weight excluding hydrogens is 176 g/mol. The van der Waals surface area contributed by atoms with Crippen LogP contribution >= 0.6 is 0 Å². The molecule has 0 aromatic heterocycles. The lowest BCUT2D eigenvalue weighted by Crippen LogP contribution is -2.57. The third kappa shape index (κ3) is 3.29. The molecule has 14 heavy (non-hydrogen) atoms. The summed E-state index contributed by atoms with van der Waals surface area (Å²) in [7, 11) is 0. The molecule has 0 saturated carbocycles. The van der Waals surface area contributed by atoms with Gasteiger partial charge in [-0.15, -0.1) is 0 Å². The fourth-order valence-electron chi connectivity index (χ4n) is 1.11. The second-order valence-corrected chi connectivity index (χ2v) is 4.62. The summed E-state index contributed by atoms with van der Waals surface area (Å²) in [5.74, 6) is 0.521. The number of hydrogen-bond acceptors (Lipinski definition) is 2. The summed E-state index contributed by atoms with van der Waals surface area (Å²) in [4.78, 5) is 11.3. The molecule has 84 valence electrons. The molecule has 1 amide bonds. The minimum absolute atomic E-state index is 0.212. The van der Waals surface area contributed by atoms with Crippen LogP contribution in [0.4, 0.5) is 0 Å². The number of rotatable bonds is 6. The lowest BCUT2D eigenvalue weighted by Gasteiger charge is -2.32. The molecule has 0 aliphatic heterocycles. The third-order valence-corrected chi connectivity index (χ3v) is 3.18. The topological polar surface area (TPSA) is 55.1 Å². The Morgan fingerprint density at radius 2 is 1.93 bits per heavy atom. The second kappa shape index (κ2) is 5.35. The van der Waals surface area contributed by atoms with Crippen LogP contribution in [0, 0.1) is 11.8 Å². The molecule has 2 unspecified atom stereocenters. The minimum Gasteiger partial charge on any atom is -0.368 e. The van der Waals surface area contributed by atoms with Crippen molar-refractivity contribution in [2.45, 2.75) is 46.6 Å². The van der Waals surface area contributed by atoms with Gasteiger partial charge in [0, 0.05) is 0 Å². The van der Waals surface area contributed by atoms with Crippen molar-refractivity contribution >= 4 is 5.91 Å². The van der Waals surface area contributed by atoms with Crippen molar-refractivity contribution in [2.24, 2.45) is 17.6 Å². The summed E-state index contributed by atoms with van der Waals surface area (Å²) in [6, 6.07) is 0. The van der Waals surface area contributed by atoms with E-state index in [2.05, 4.69) is 19.2 Å². The first-order valence-corrected chi connectivity index (χ1v) is 5.39. The number of carbonyl (C=O) groups is 1. The van der Waals surface area contributed by atoms with Crippen LogP contribution in [0.3, 0.4) is 0 Å². The van der Waals surface area contributed by atoms with E-state index in [-0.39, 0.29) is 11.8 Å². The average Bonchev–Trinajstić information content (AvgIpc) is 2.12. The van der Waals surface area contributed by atoms with Crippen LogP contribution in [0.1, 0.15) is 41.0 Å². The SMILES string of the molecule is CCC(C)CNC(C)(C(N)=O)C(C)C. The van der Waals surface area contributed by atoms with Gasteiger partial charge in [0.1, 0.15) is 0 Å². The van der Waals surface area contributed by atoms with E-state index in [0.717, 1.165) is 13.0 Å². The molecule has 0 bridgehead atoms. The predicted octanol–water partition coefficient (Wildman–Crippen LogP) is 1.52. The van der Waals surface area contributed by atoms with Gasteiger partial charge >= 0.3 is 0 Å². The molecule has 3 heteroatoms. The largest absolute Gasteiger partial charge is 0.368 e. The van der Waals surface area contributed by atoms with Gasteiger partial charge < -0.3 is 11.1 Å². The summed E-state index contributed by atoms with van der Waals surface area (Å²) in [5, 5.41) is 3.27. The van der Waals surface area contributed by atoms with Crippen LogP contribution in [-0.4, -0.2) is 18.0 Å². The van der Waals surface area contributed by atoms with E-state index in [0.29, 0.717) is 5.92 Å². The normalized spacial score (nSPS) is 17.9. The average molecular weight is 200 g/mol. The number of nitrogens with one attached hydrogen (secondary N) is 1. The second-order valence-electron chi connectivity index (χ2n) is 4.62. The van der Waals surface area contributed by atoms with Gasteiger partial charge in [-0.1, -0.05) is 34.1 Å². The number of primary amides is 1. The Hall–Kier alpha value is -0.570. The number of carbonyl (C=O) groups excluding carboxylic acids is 1. The van der Waals surface area contributed by atoms with Crippen molar-refractivity contribution < 1.29 is 4.79 Å². The zero-order valence-corrected chi connectivity index (χ0v) is 10.1. The van der Waals surface area contributed by atoms with Gasteiger partial charge in [0.05, 0.1) is 5.54 Å². The molecule has 3 N–H and O–H groups in total. The number of hydrogen-bond donors (Lipinski definition) is 2. The van der Waals surface area contributed by atoms with E-state index in [1.165, 1.54) is 0 Å². The van der Waals surface area contributed by atoms with Crippen molar-refractivity contribution in [3.05, 3.63) is 0 Å². The molecule has 3 nitrogen and oxygen atoms in total. The maximum absolute atomic E-state index is 11.3. The Kier molecular flexibility index (Phi) is 5.13. The maximum atomic E-state index is 11.3. The Labute approximate surface area is 87.4 Å². The summed E-state index contributed by atoms with van der Waals surface area (Å²) < 4.78 is 0. The first-order chi connectivity index (χ1) is 6.34. The number of amides is 1. The van der Waals surface area contributed by atoms with Crippen molar-refractivity contribution in [1.82, 2.24) is 5.32 Å². The van der Waals surface area contributed by atoms with Crippen LogP contribution < -0.4 is 11.1 Å². The van der Waals surface area contributed by atoms with Crippen molar-refractivity contribution in [1.29, 1.82) is 0 Å². The van der Waals surface area contributed by atoms with E-state index < -0.39 is 5.54 Å². The van der Waals surface area contributed by atoms with E-state index in [1.807, 2.05) is 20.8 Å². The smallest absolute Gasteiger partial charge is 0.237 e. The third-order valence-electron chi connectivity index (χ3n) is 3.18. The highest BCUT2D eigenvalue weighted by Gasteiger charge is 2.34. The van der Waals surface area contributed by atoms with E-state index >= 15 is 0 Å². The first-order valence-electron chi connectivity index (χ1n) is 5.39. The predicted molar refractivity (Wildman–Crippen MR) is 59.9 cm³/mol. The Bertz CT molecular complexity index is 192. The molecule has 0 aromatic carbocycles. The molecule has 0 rings (SSSR count). The summed E-state index contributed by atoms with van der Waals surface area (Å²) >= 11 is 0. The first kappa shape index (κ1) is 13.4. The molecule has 0 heterocycles. The van der Waals surface area contributed by atoms with Gasteiger partial charge in [-0.05, 0) is 25.3 Å². The van der Waals surface area contributed by atoms with Gasteiger partial charge in [0.2, 0.25) is 5.91 Å². The quantitative estimate of drug-likeness (QED) is 0.683. The molecule has 0 saturated heterocycles. The fraction of sp³-hybridized carbons (Fsp3) is 0.909. The summed E-state index contributed by atoms with van der Waals surface area (Å²) in [6.07, 6.45) is 1.11. The van der Waals surface area contributed by atoms with Gasteiger partial charge in [-0.3, -0.25) is 4.79 Å². The molecule has 0 aromatic rings. The van der Waals surface area contributed by atoms with Gasteiger partial charge in [-0.2, -0.15) is 0 Å². The molecule has 0 aliphatic rings. The van der Waals surface area contributed by atoms with Gasteiger partial charge in [-0.25, -0.2) is 0 Å². The van der Waals surface area contributed by atoms with Crippen molar-refractivity contribution in [3.8, 4) is 0 Å². The summed E-state index contributed by atoms with van der Waals surface area (Å²) in [6.45, 7) is 11.0. The van der Waals surface area contributed by atoms with Crippen LogP contribution in [-0.2, 0) is 4.79 Å². The Balaban J connectivity index is 4.32. The molecule has 0 aliphatic carbocycles. The van der Waals surface area contributed by atoms with Gasteiger partial charge in [0.25, 0.3) is 0 Å². The highest BCUT2D eigenvalue weighted by atomic mass is 16.1. The van der Waals surface area contributed by atoms with Crippen LogP contribution in [0.5, 0.6) is 0 Å².